The summed E-state index contributed by atoms with van der Waals surface area (Å²) in [5, 5.41) is 0.637. The van der Waals surface area contributed by atoms with Crippen molar-refractivity contribution in [3.05, 3.63) is 78.2 Å². The first-order valence-electron chi connectivity index (χ1n) is 10.4. The number of carbonyl (C=O) groups excluding carboxylic acids is 2. The van der Waals surface area contributed by atoms with E-state index in [0.717, 1.165) is 4.90 Å². The quantitative estimate of drug-likeness (QED) is 0.612. The number of aromatic nitrogens is 1. The number of amides is 2. The average molecular weight is 449 g/mol. The lowest BCUT2D eigenvalue weighted by molar-refractivity contribution is -0.129. The molecule has 0 unspecified atom stereocenters. The largest absolute Gasteiger partial charge is 0.366 e. The van der Waals surface area contributed by atoms with Gasteiger partial charge in [0.05, 0.1) is 16.9 Å². The van der Waals surface area contributed by atoms with Crippen LogP contribution < -0.4 is 9.80 Å². The van der Waals surface area contributed by atoms with Crippen LogP contribution in [0.5, 0.6) is 0 Å². The van der Waals surface area contributed by atoms with E-state index in [-0.39, 0.29) is 24.2 Å². The number of nitrogens with zero attached hydrogens (tertiary/aromatic N) is 4. The molecule has 0 radical (unpaired) electrons. The van der Waals surface area contributed by atoms with Gasteiger partial charge in [-0.2, -0.15) is 0 Å². The van der Waals surface area contributed by atoms with Crippen LogP contribution in [0.2, 0.25) is 0 Å². The first-order chi connectivity index (χ1) is 15.6. The number of hydrogen-bond donors (Lipinski definition) is 0. The van der Waals surface area contributed by atoms with Gasteiger partial charge in [0.15, 0.2) is 0 Å². The second-order valence-electron chi connectivity index (χ2n) is 7.64. The smallest absolute Gasteiger partial charge is 0.261 e. The summed E-state index contributed by atoms with van der Waals surface area (Å²) >= 11 is 1.43. The number of rotatable bonds is 3. The molecule has 3 heterocycles. The Hall–Kier alpha value is -3.39. The molecule has 162 valence electrons. The highest BCUT2D eigenvalue weighted by atomic mass is 32.2. The molecule has 5 rings (SSSR count). The molecule has 2 aromatic carbocycles. The van der Waals surface area contributed by atoms with Gasteiger partial charge in [-0.25, -0.2) is 9.37 Å². The van der Waals surface area contributed by atoms with E-state index in [0.29, 0.717) is 48.1 Å². The fourth-order valence-corrected chi connectivity index (χ4v) is 5.07. The van der Waals surface area contributed by atoms with Crippen molar-refractivity contribution >= 4 is 35.0 Å². The minimum atomic E-state index is -0.260. The molecular weight excluding hydrogens is 427 g/mol. The number of pyridine rings is 1. The molecule has 0 saturated carbocycles. The number of halogens is 1. The zero-order valence-corrected chi connectivity index (χ0v) is 18.1. The van der Waals surface area contributed by atoms with Gasteiger partial charge in [-0.1, -0.05) is 36.0 Å². The van der Waals surface area contributed by atoms with Gasteiger partial charge in [0.25, 0.3) is 5.91 Å². The Bertz CT molecular complexity index is 1180. The highest BCUT2D eigenvalue weighted by Gasteiger charge is 2.31. The summed E-state index contributed by atoms with van der Waals surface area (Å²) in [7, 11) is 0. The molecule has 3 aromatic rings. The Morgan fingerprint density at radius 2 is 1.66 bits per heavy atom. The Kier molecular flexibility index (Phi) is 5.53. The lowest BCUT2D eigenvalue weighted by Gasteiger charge is -2.37. The van der Waals surface area contributed by atoms with Crippen LogP contribution in [0.1, 0.15) is 10.4 Å². The van der Waals surface area contributed by atoms with E-state index in [1.165, 1.54) is 17.8 Å². The van der Waals surface area contributed by atoms with E-state index in [9.17, 15) is 14.0 Å². The minimum absolute atomic E-state index is 0.0512. The number of piperazine rings is 1. The van der Waals surface area contributed by atoms with Gasteiger partial charge in [-0.3, -0.25) is 14.5 Å². The van der Waals surface area contributed by atoms with Crippen LogP contribution in [-0.4, -0.2) is 54.4 Å². The summed E-state index contributed by atoms with van der Waals surface area (Å²) in [6, 6.07) is 17.7. The lowest BCUT2D eigenvalue weighted by Crippen LogP contribution is -2.52. The van der Waals surface area contributed by atoms with Gasteiger partial charge < -0.3 is 9.80 Å². The van der Waals surface area contributed by atoms with Crippen molar-refractivity contribution in [3.63, 3.8) is 0 Å². The minimum Gasteiger partial charge on any atom is -0.366 e. The maximum absolute atomic E-state index is 14.1. The summed E-state index contributed by atoms with van der Waals surface area (Å²) in [5.74, 6) is -0.619. The molecule has 2 aliphatic rings. The van der Waals surface area contributed by atoms with E-state index in [2.05, 4.69) is 4.98 Å². The number of carbonyl (C=O) groups is 2. The fourth-order valence-electron chi connectivity index (χ4n) is 4.06. The van der Waals surface area contributed by atoms with Gasteiger partial charge >= 0.3 is 0 Å². The van der Waals surface area contributed by atoms with Crippen LogP contribution in [0.3, 0.4) is 0 Å². The third kappa shape index (κ3) is 3.82. The van der Waals surface area contributed by atoms with Gasteiger partial charge in [-0.05, 0) is 36.4 Å². The first-order valence-corrected chi connectivity index (χ1v) is 11.2. The molecule has 0 bridgehead atoms. The van der Waals surface area contributed by atoms with Crippen LogP contribution in [0, 0.1) is 5.82 Å². The van der Waals surface area contributed by atoms with Gasteiger partial charge in [0.2, 0.25) is 5.91 Å². The van der Waals surface area contributed by atoms with E-state index < -0.39 is 0 Å². The molecule has 0 spiro atoms. The monoisotopic (exact) mass is 448 g/mol. The zero-order valence-electron chi connectivity index (χ0n) is 17.3. The lowest BCUT2D eigenvalue weighted by atomic mass is 10.2. The molecule has 1 saturated heterocycles. The average Bonchev–Trinajstić information content (AvgIpc) is 2.94. The fraction of sp³-hybridized carbons (Fsp3) is 0.208. The molecule has 1 aromatic heterocycles. The predicted octanol–water partition coefficient (Wildman–Crippen LogP) is 3.68. The SMILES string of the molecule is O=C(CN1C(=O)c2cccnc2Sc2ccccc21)N1CCN(c2ccccc2F)CC1. The Balaban J connectivity index is 1.34. The first kappa shape index (κ1) is 20.5. The van der Waals surface area contributed by atoms with E-state index in [1.54, 1.807) is 40.3 Å². The summed E-state index contributed by atoms with van der Waals surface area (Å²) < 4.78 is 14.1. The second kappa shape index (κ2) is 8.63. The maximum Gasteiger partial charge on any atom is 0.261 e. The van der Waals surface area contributed by atoms with Gasteiger partial charge in [0.1, 0.15) is 17.4 Å². The summed E-state index contributed by atoms with van der Waals surface area (Å²) in [5.41, 5.74) is 1.75. The summed E-state index contributed by atoms with van der Waals surface area (Å²) in [4.78, 5) is 37.0. The van der Waals surface area contributed by atoms with Crippen molar-refractivity contribution in [3.8, 4) is 0 Å². The normalized spacial score (nSPS) is 15.8. The molecule has 6 nitrogen and oxygen atoms in total. The Morgan fingerprint density at radius 1 is 0.938 bits per heavy atom. The molecule has 0 atom stereocenters. The molecule has 2 amide bonds. The number of anilines is 2. The van der Waals surface area contributed by atoms with Crippen LogP contribution >= 0.6 is 11.8 Å². The maximum atomic E-state index is 14.1. The molecule has 0 N–H and O–H groups in total. The van der Waals surface area contributed by atoms with Crippen molar-refractivity contribution in [2.45, 2.75) is 9.92 Å². The van der Waals surface area contributed by atoms with Crippen molar-refractivity contribution in [2.24, 2.45) is 0 Å². The zero-order chi connectivity index (χ0) is 22.1. The Morgan fingerprint density at radius 3 is 2.44 bits per heavy atom. The topological polar surface area (TPSA) is 56.8 Å². The molecule has 0 aliphatic carbocycles. The molecule has 1 fully saturated rings. The second-order valence-corrected chi connectivity index (χ2v) is 8.67. The van der Waals surface area contributed by atoms with Crippen molar-refractivity contribution in [2.75, 3.05) is 42.5 Å². The highest BCUT2D eigenvalue weighted by molar-refractivity contribution is 7.99. The summed E-state index contributed by atoms with van der Waals surface area (Å²) in [6.45, 7) is 1.98. The number of fused-ring (bicyclic) bond motifs is 2. The predicted molar refractivity (Wildman–Crippen MR) is 122 cm³/mol. The third-order valence-corrected chi connectivity index (χ3v) is 6.81. The highest BCUT2D eigenvalue weighted by Crippen LogP contribution is 2.40. The van der Waals surface area contributed by atoms with Crippen LogP contribution in [0.25, 0.3) is 0 Å². The third-order valence-electron chi connectivity index (χ3n) is 5.73. The van der Waals surface area contributed by atoms with Gasteiger partial charge in [0, 0.05) is 37.3 Å². The Labute approximate surface area is 189 Å². The number of para-hydroxylation sites is 2. The number of hydrogen-bond acceptors (Lipinski definition) is 5. The van der Waals surface area contributed by atoms with E-state index in [4.69, 9.17) is 0 Å². The van der Waals surface area contributed by atoms with Crippen molar-refractivity contribution in [1.82, 2.24) is 9.88 Å². The molecule has 32 heavy (non-hydrogen) atoms. The van der Waals surface area contributed by atoms with Crippen molar-refractivity contribution < 1.29 is 14.0 Å². The number of benzene rings is 2. The van der Waals surface area contributed by atoms with Crippen LogP contribution in [0.4, 0.5) is 15.8 Å². The molecule has 8 heteroatoms. The molecule has 2 aliphatic heterocycles. The van der Waals surface area contributed by atoms with E-state index >= 15 is 0 Å². The van der Waals surface area contributed by atoms with Crippen LogP contribution in [0.15, 0.2) is 76.8 Å². The van der Waals surface area contributed by atoms with Crippen molar-refractivity contribution in [1.29, 1.82) is 0 Å². The van der Waals surface area contributed by atoms with Crippen LogP contribution in [-0.2, 0) is 4.79 Å². The molecular formula is C24H21FN4O2S. The van der Waals surface area contributed by atoms with E-state index in [1.807, 2.05) is 35.2 Å². The standard InChI is InChI=1S/C24H21FN4O2S/c25-18-7-1-2-8-19(18)27-12-14-28(15-13-27)22(30)16-29-20-9-3-4-10-21(20)32-23-17(24(29)31)6-5-11-26-23/h1-11H,12-16H2. The summed E-state index contributed by atoms with van der Waals surface area (Å²) in [6.07, 6.45) is 1.66. The van der Waals surface area contributed by atoms with Gasteiger partial charge in [-0.15, -0.1) is 0 Å².